The number of carbonyl (C=O) groups is 2. The first kappa shape index (κ1) is 20.5. The van der Waals surface area contributed by atoms with Crippen LogP contribution in [0.3, 0.4) is 0 Å². The Morgan fingerprint density at radius 2 is 1.84 bits per heavy atom. The minimum Gasteiger partial charge on any atom is -0.395 e. The number of ether oxygens (including phenoxy) is 2. The molecule has 5 rings (SSSR count). The highest BCUT2D eigenvalue weighted by molar-refractivity contribution is 6.02. The van der Waals surface area contributed by atoms with Crippen LogP contribution in [0.25, 0.3) is 5.57 Å². The van der Waals surface area contributed by atoms with Crippen LogP contribution in [0, 0.1) is 6.92 Å². The van der Waals surface area contributed by atoms with Gasteiger partial charge < -0.3 is 9.47 Å². The molecular formula is C25H21F2NO4. The van der Waals surface area contributed by atoms with E-state index in [0.29, 0.717) is 36.1 Å². The fourth-order valence-corrected chi connectivity index (χ4v) is 4.33. The molecule has 7 heteroatoms. The van der Waals surface area contributed by atoms with Crippen LogP contribution in [-0.4, -0.2) is 22.8 Å². The van der Waals surface area contributed by atoms with Crippen molar-refractivity contribution < 1.29 is 27.8 Å². The summed E-state index contributed by atoms with van der Waals surface area (Å²) in [5.41, 5.74) is 3.85. The van der Waals surface area contributed by atoms with Gasteiger partial charge >= 0.3 is 6.29 Å². The van der Waals surface area contributed by atoms with Crippen LogP contribution in [-0.2, 0) is 21.4 Å². The topological polar surface area (TPSA) is 65.5 Å². The van der Waals surface area contributed by atoms with E-state index >= 15 is 0 Å². The van der Waals surface area contributed by atoms with E-state index in [0.717, 1.165) is 16.8 Å². The Kier molecular flexibility index (Phi) is 4.55. The SMILES string of the molecule is CC1=CC(c2cc(C)cc(CC(=O)C3(c4ccc5c(c4)OC(F)(F)O5)CC3)n2)=CCC1=O. The van der Waals surface area contributed by atoms with Gasteiger partial charge in [-0.2, -0.15) is 0 Å². The average molecular weight is 437 g/mol. The average Bonchev–Trinajstić information content (AvgIpc) is 3.47. The number of hydrogen-bond acceptors (Lipinski definition) is 5. The molecule has 164 valence electrons. The van der Waals surface area contributed by atoms with E-state index in [-0.39, 0.29) is 29.5 Å². The maximum absolute atomic E-state index is 13.4. The second-order valence-electron chi connectivity index (χ2n) is 8.65. The van der Waals surface area contributed by atoms with Gasteiger partial charge in [0, 0.05) is 18.5 Å². The number of Topliss-reactive ketones (excluding diaryl/α,β-unsaturated/α-hetero) is 2. The second kappa shape index (κ2) is 7.08. The first-order valence-electron chi connectivity index (χ1n) is 10.5. The van der Waals surface area contributed by atoms with E-state index in [1.54, 1.807) is 13.0 Å². The van der Waals surface area contributed by atoms with Crippen molar-refractivity contribution in [3.05, 3.63) is 70.6 Å². The van der Waals surface area contributed by atoms with Crippen LogP contribution >= 0.6 is 0 Å². The summed E-state index contributed by atoms with van der Waals surface area (Å²) in [6, 6.07) is 8.37. The van der Waals surface area contributed by atoms with Crippen molar-refractivity contribution in [3.63, 3.8) is 0 Å². The molecule has 0 atom stereocenters. The van der Waals surface area contributed by atoms with E-state index < -0.39 is 11.7 Å². The third-order valence-electron chi connectivity index (χ3n) is 6.22. The highest BCUT2D eigenvalue weighted by Gasteiger charge is 2.52. The molecule has 0 spiro atoms. The molecule has 5 nitrogen and oxygen atoms in total. The van der Waals surface area contributed by atoms with E-state index in [2.05, 4.69) is 14.5 Å². The Bertz CT molecular complexity index is 1220. The molecular weight excluding hydrogens is 416 g/mol. The number of fused-ring (bicyclic) bond motifs is 1. The number of nitrogens with zero attached hydrogens (tertiary/aromatic N) is 1. The van der Waals surface area contributed by atoms with Crippen LogP contribution in [0.2, 0.25) is 0 Å². The number of ketones is 2. The molecule has 0 amide bonds. The monoisotopic (exact) mass is 437 g/mol. The van der Waals surface area contributed by atoms with E-state index in [4.69, 9.17) is 0 Å². The minimum absolute atomic E-state index is 0.00769. The molecule has 1 aliphatic heterocycles. The van der Waals surface area contributed by atoms with Crippen molar-refractivity contribution in [2.45, 2.75) is 51.2 Å². The Morgan fingerprint density at radius 3 is 2.56 bits per heavy atom. The molecule has 0 saturated heterocycles. The molecule has 32 heavy (non-hydrogen) atoms. The number of hydrogen-bond donors (Lipinski definition) is 0. The maximum atomic E-state index is 13.4. The summed E-state index contributed by atoms with van der Waals surface area (Å²) in [4.78, 5) is 29.7. The maximum Gasteiger partial charge on any atom is 0.586 e. The van der Waals surface area contributed by atoms with Crippen LogP contribution in [0.1, 0.15) is 48.7 Å². The lowest BCUT2D eigenvalue weighted by Gasteiger charge is -2.16. The van der Waals surface area contributed by atoms with Gasteiger partial charge in [-0.3, -0.25) is 14.6 Å². The van der Waals surface area contributed by atoms with Crippen LogP contribution < -0.4 is 9.47 Å². The van der Waals surface area contributed by atoms with E-state index in [9.17, 15) is 18.4 Å². The predicted octanol–water partition coefficient (Wildman–Crippen LogP) is 4.86. The highest BCUT2D eigenvalue weighted by atomic mass is 19.3. The number of aryl methyl sites for hydroxylation is 1. The molecule has 0 bridgehead atoms. The number of pyridine rings is 1. The van der Waals surface area contributed by atoms with Gasteiger partial charge in [0.25, 0.3) is 0 Å². The fraction of sp³-hybridized carbons (Fsp3) is 0.320. The Morgan fingerprint density at radius 1 is 1.09 bits per heavy atom. The molecule has 2 heterocycles. The van der Waals surface area contributed by atoms with Gasteiger partial charge in [0.2, 0.25) is 0 Å². The molecule has 1 fully saturated rings. The largest absolute Gasteiger partial charge is 0.586 e. The summed E-state index contributed by atoms with van der Waals surface area (Å²) in [6.07, 6.45) is 1.76. The van der Waals surface area contributed by atoms with Crippen molar-refractivity contribution in [2.24, 2.45) is 0 Å². The summed E-state index contributed by atoms with van der Waals surface area (Å²) in [5, 5.41) is 0. The standard InChI is InChI=1S/C25H21F2NO4/c1-14-9-18(28-19(10-14)16-3-5-20(29)15(2)11-16)13-23(30)24(7-8-24)17-4-6-21-22(12-17)32-25(26,27)31-21/h3-4,6,9-12H,5,7-8,13H2,1-2H3. The van der Waals surface area contributed by atoms with Gasteiger partial charge in [-0.1, -0.05) is 12.1 Å². The zero-order valence-corrected chi connectivity index (χ0v) is 17.7. The zero-order valence-electron chi connectivity index (χ0n) is 17.7. The van der Waals surface area contributed by atoms with Gasteiger partial charge in [-0.15, -0.1) is 8.78 Å². The molecule has 1 saturated carbocycles. The van der Waals surface area contributed by atoms with Crippen molar-refractivity contribution >= 4 is 17.1 Å². The number of rotatable bonds is 5. The fourth-order valence-electron chi connectivity index (χ4n) is 4.33. The summed E-state index contributed by atoms with van der Waals surface area (Å²) in [7, 11) is 0. The van der Waals surface area contributed by atoms with Crippen molar-refractivity contribution in [1.82, 2.24) is 4.98 Å². The minimum atomic E-state index is -3.69. The van der Waals surface area contributed by atoms with E-state index in [1.165, 1.54) is 12.1 Å². The summed E-state index contributed by atoms with van der Waals surface area (Å²) < 4.78 is 35.7. The number of carbonyl (C=O) groups excluding carboxylic acids is 2. The first-order chi connectivity index (χ1) is 15.1. The second-order valence-corrected chi connectivity index (χ2v) is 8.65. The van der Waals surface area contributed by atoms with Crippen molar-refractivity contribution in [3.8, 4) is 11.5 Å². The first-order valence-corrected chi connectivity index (χ1v) is 10.5. The lowest BCUT2D eigenvalue weighted by atomic mass is 9.88. The number of alkyl halides is 2. The number of allylic oxidation sites excluding steroid dienone is 4. The van der Waals surface area contributed by atoms with Gasteiger partial charge in [0.15, 0.2) is 17.3 Å². The van der Waals surface area contributed by atoms with Crippen molar-refractivity contribution in [1.29, 1.82) is 0 Å². The Labute approximate surface area is 183 Å². The third kappa shape index (κ3) is 3.61. The normalized spacial score (nSPS) is 19.9. The van der Waals surface area contributed by atoms with Gasteiger partial charge in [0.05, 0.1) is 11.1 Å². The number of aromatic nitrogens is 1. The molecule has 1 aromatic heterocycles. The molecule has 2 aliphatic carbocycles. The highest BCUT2D eigenvalue weighted by Crippen LogP contribution is 2.52. The lowest BCUT2D eigenvalue weighted by molar-refractivity contribution is -0.286. The lowest BCUT2D eigenvalue weighted by Crippen LogP contribution is -2.26. The molecule has 0 unspecified atom stereocenters. The predicted molar refractivity (Wildman–Crippen MR) is 113 cm³/mol. The Hall–Kier alpha value is -3.35. The Balaban J connectivity index is 1.39. The number of halogens is 2. The smallest absolute Gasteiger partial charge is 0.395 e. The zero-order chi connectivity index (χ0) is 22.7. The van der Waals surface area contributed by atoms with Gasteiger partial charge in [-0.25, -0.2) is 0 Å². The van der Waals surface area contributed by atoms with E-state index in [1.807, 2.05) is 31.2 Å². The summed E-state index contributed by atoms with van der Waals surface area (Å²) in [6.45, 7) is 3.73. The third-order valence-corrected chi connectivity index (χ3v) is 6.22. The summed E-state index contributed by atoms with van der Waals surface area (Å²) in [5.74, 6) is -0.00118. The quantitative estimate of drug-likeness (QED) is 0.669. The molecule has 0 N–H and O–H groups in total. The molecule has 3 aliphatic rings. The number of benzene rings is 1. The van der Waals surface area contributed by atoms with Crippen LogP contribution in [0.4, 0.5) is 8.78 Å². The van der Waals surface area contributed by atoms with Gasteiger partial charge in [0.1, 0.15) is 5.78 Å². The molecule has 1 aromatic carbocycles. The molecule has 2 aromatic rings. The molecule has 0 radical (unpaired) electrons. The van der Waals surface area contributed by atoms with Crippen LogP contribution in [0.15, 0.2) is 48.1 Å². The summed E-state index contributed by atoms with van der Waals surface area (Å²) >= 11 is 0. The van der Waals surface area contributed by atoms with Crippen molar-refractivity contribution in [2.75, 3.05) is 0 Å². The van der Waals surface area contributed by atoms with Crippen LogP contribution in [0.5, 0.6) is 11.5 Å². The van der Waals surface area contributed by atoms with Gasteiger partial charge in [-0.05, 0) is 79.3 Å².